The number of hydrogen-bond donors (Lipinski definition) is 2. The molecule has 2 saturated heterocycles. The van der Waals surface area contributed by atoms with E-state index in [1.807, 2.05) is 18.2 Å². The van der Waals surface area contributed by atoms with E-state index in [2.05, 4.69) is 16.7 Å². The highest BCUT2D eigenvalue weighted by atomic mass is 16.5. The molecule has 2 fully saturated rings. The largest absolute Gasteiger partial charge is 0.371 e. The van der Waals surface area contributed by atoms with Crippen molar-refractivity contribution in [2.45, 2.75) is 18.2 Å². The van der Waals surface area contributed by atoms with Crippen LogP contribution < -0.4 is 10.6 Å². The van der Waals surface area contributed by atoms with Crippen molar-refractivity contribution in [3.63, 3.8) is 0 Å². The van der Waals surface area contributed by atoms with Gasteiger partial charge in [0.05, 0.1) is 24.8 Å². The van der Waals surface area contributed by atoms with E-state index in [1.54, 1.807) is 0 Å². The Bertz CT molecular complexity index is 324. The van der Waals surface area contributed by atoms with Gasteiger partial charge in [0.15, 0.2) is 0 Å². The number of fused-ring (bicyclic) bond motifs is 3. The molecule has 0 aromatic rings. The first-order valence-electron chi connectivity index (χ1n) is 4.88. The normalized spacial score (nSPS) is 43.9. The summed E-state index contributed by atoms with van der Waals surface area (Å²) in [6.07, 6.45) is 8.28. The van der Waals surface area contributed by atoms with Crippen molar-refractivity contribution in [1.82, 2.24) is 10.6 Å². The third kappa shape index (κ3) is 1.07. The third-order valence-electron chi connectivity index (χ3n) is 3.06. The number of allylic oxidation sites excluding steroid dienone is 2. The second kappa shape index (κ2) is 2.85. The van der Waals surface area contributed by atoms with Crippen LogP contribution in [0.25, 0.3) is 0 Å². The molecular formula is C10H12N2O2. The van der Waals surface area contributed by atoms with Gasteiger partial charge in [-0.3, -0.25) is 0 Å². The van der Waals surface area contributed by atoms with Gasteiger partial charge in [0.25, 0.3) is 0 Å². The van der Waals surface area contributed by atoms with Crippen LogP contribution in [-0.2, 0) is 4.74 Å². The Morgan fingerprint density at radius 3 is 3.07 bits per heavy atom. The Hall–Kier alpha value is -1.29. The minimum absolute atomic E-state index is 0.0767. The Kier molecular flexibility index (Phi) is 1.64. The number of hydrogen-bond acceptors (Lipinski definition) is 2. The van der Waals surface area contributed by atoms with Crippen LogP contribution in [0, 0.1) is 5.92 Å². The fraction of sp³-hybridized carbons (Fsp3) is 0.500. The molecule has 2 aliphatic heterocycles. The Balaban J connectivity index is 1.87. The summed E-state index contributed by atoms with van der Waals surface area (Å²) in [7, 11) is 0. The van der Waals surface area contributed by atoms with Crippen molar-refractivity contribution in [3.05, 3.63) is 24.3 Å². The first-order chi connectivity index (χ1) is 6.84. The van der Waals surface area contributed by atoms with Gasteiger partial charge in [-0.2, -0.15) is 0 Å². The molecule has 1 aliphatic carbocycles. The topological polar surface area (TPSA) is 50.4 Å². The second-order valence-corrected chi connectivity index (χ2v) is 3.90. The average molecular weight is 192 g/mol. The van der Waals surface area contributed by atoms with Crippen molar-refractivity contribution in [1.29, 1.82) is 0 Å². The zero-order chi connectivity index (χ0) is 9.54. The van der Waals surface area contributed by atoms with Gasteiger partial charge in [-0.1, -0.05) is 24.3 Å². The summed E-state index contributed by atoms with van der Waals surface area (Å²) >= 11 is 0. The summed E-state index contributed by atoms with van der Waals surface area (Å²) in [6, 6.07) is 0.231. The average Bonchev–Trinajstić information content (AvgIpc) is 2.59. The van der Waals surface area contributed by atoms with Crippen molar-refractivity contribution in [3.8, 4) is 0 Å². The van der Waals surface area contributed by atoms with E-state index in [1.165, 1.54) is 0 Å². The molecule has 0 radical (unpaired) electrons. The minimum Gasteiger partial charge on any atom is -0.371 e. The molecule has 0 spiro atoms. The molecule has 14 heavy (non-hydrogen) atoms. The first-order valence-corrected chi connectivity index (χ1v) is 4.88. The van der Waals surface area contributed by atoms with Crippen LogP contribution in [0.4, 0.5) is 4.79 Å². The van der Waals surface area contributed by atoms with E-state index in [0.29, 0.717) is 6.61 Å². The summed E-state index contributed by atoms with van der Waals surface area (Å²) in [5, 5.41) is 5.80. The summed E-state index contributed by atoms with van der Waals surface area (Å²) in [5.41, 5.74) is 0. The highest BCUT2D eigenvalue weighted by Crippen LogP contribution is 2.28. The van der Waals surface area contributed by atoms with Crippen LogP contribution in [0.5, 0.6) is 0 Å². The van der Waals surface area contributed by atoms with Gasteiger partial charge in [0.1, 0.15) is 0 Å². The zero-order valence-corrected chi connectivity index (χ0v) is 7.64. The molecule has 2 heterocycles. The fourth-order valence-electron chi connectivity index (χ4n) is 2.37. The number of amides is 2. The maximum absolute atomic E-state index is 11.2. The predicted octanol–water partition coefficient (Wildman–Crippen LogP) is 0.177. The van der Waals surface area contributed by atoms with E-state index >= 15 is 0 Å². The van der Waals surface area contributed by atoms with Gasteiger partial charge in [-0.25, -0.2) is 4.79 Å². The summed E-state index contributed by atoms with van der Waals surface area (Å²) in [5.74, 6) is 0.276. The standard InChI is InChI=1S/C10H12N2O2/c13-10-11-7-5-14-8-4-2-1-3-6(8)9(7)12-10/h1-4,6-9H,5H2,(H2,11,12,13). The smallest absolute Gasteiger partial charge is 0.315 e. The van der Waals surface area contributed by atoms with E-state index in [-0.39, 0.29) is 30.1 Å². The van der Waals surface area contributed by atoms with Crippen molar-refractivity contribution < 1.29 is 9.53 Å². The molecule has 3 rings (SSSR count). The summed E-state index contributed by atoms with van der Waals surface area (Å²) in [4.78, 5) is 11.2. The maximum atomic E-state index is 11.2. The predicted molar refractivity (Wildman–Crippen MR) is 50.8 cm³/mol. The van der Waals surface area contributed by atoms with E-state index in [4.69, 9.17) is 4.74 Å². The van der Waals surface area contributed by atoms with E-state index in [0.717, 1.165) is 0 Å². The van der Waals surface area contributed by atoms with Gasteiger partial charge in [-0.15, -0.1) is 0 Å². The van der Waals surface area contributed by atoms with Gasteiger partial charge >= 0.3 is 6.03 Å². The summed E-state index contributed by atoms with van der Waals surface area (Å²) in [6.45, 7) is 0.600. The quantitative estimate of drug-likeness (QED) is 0.575. The molecular weight excluding hydrogens is 180 g/mol. The summed E-state index contributed by atoms with van der Waals surface area (Å²) < 4.78 is 5.65. The van der Waals surface area contributed by atoms with Crippen LogP contribution in [0.2, 0.25) is 0 Å². The number of carbonyl (C=O) groups is 1. The number of urea groups is 1. The monoisotopic (exact) mass is 192 g/mol. The molecule has 74 valence electrons. The van der Waals surface area contributed by atoms with Crippen LogP contribution in [0.15, 0.2) is 24.3 Å². The molecule has 4 nitrogen and oxygen atoms in total. The number of rotatable bonds is 0. The Morgan fingerprint density at radius 2 is 2.14 bits per heavy atom. The fourth-order valence-corrected chi connectivity index (χ4v) is 2.37. The van der Waals surface area contributed by atoms with Crippen LogP contribution in [0.3, 0.4) is 0 Å². The molecule has 0 aromatic heterocycles. The van der Waals surface area contributed by atoms with Gasteiger partial charge in [0.2, 0.25) is 0 Å². The van der Waals surface area contributed by atoms with Gasteiger partial charge < -0.3 is 15.4 Å². The van der Waals surface area contributed by atoms with Gasteiger partial charge in [0, 0.05) is 5.92 Å². The lowest BCUT2D eigenvalue weighted by Crippen LogP contribution is -2.52. The van der Waals surface area contributed by atoms with E-state index in [9.17, 15) is 4.79 Å². The Labute approximate surface area is 82.0 Å². The van der Waals surface area contributed by atoms with Gasteiger partial charge in [-0.05, 0) is 0 Å². The molecule has 3 aliphatic rings. The van der Waals surface area contributed by atoms with Crippen molar-refractivity contribution in [2.24, 2.45) is 5.92 Å². The number of nitrogens with one attached hydrogen (secondary N) is 2. The molecule has 4 heteroatoms. The van der Waals surface area contributed by atoms with E-state index < -0.39 is 0 Å². The minimum atomic E-state index is -0.0767. The molecule has 0 saturated carbocycles. The first kappa shape index (κ1) is 8.05. The lowest BCUT2D eigenvalue weighted by atomic mass is 9.85. The maximum Gasteiger partial charge on any atom is 0.315 e. The number of carbonyl (C=O) groups excluding carboxylic acids is 1. The second-order valence-electron chi connectivity index (χ2n) is 3.90. The lowest BCUT2D eigenvalue weighted by Gasteiger charge is -2.37. The molecule has 2 amide bonds. The van der Waals surface area contributed by atoms with Crippen LogP contribution in [-0.4, -0.2) is 30.8 Å². The molecule has 2 N–H and O–H groups in total. The van der Waals surface area contributed by atoms with Crippen molar-refractivity contribution >= 4 is 6.03 Å². The third-order valence-corrected chi connectivity index (χ3v) is 3.06. The molecule has 4 atom stereocenters. The molecule has 0 aromatic carbocycles. The Morgan fingerprint density at radius 1 is 1.29 bits per heavy atom. The van der Waals surface area contributed by atoms with Crippen LogP contribution >= 0.6 is 0 Å². The molecule has 0 bridgehead atoms. The van der Waals surface area contributed by atoms with Crippen LogP contribution in [0.1, 0.15) is 0 Å². The highest BCUT2D eigenvalue weighted by molar-refractivity contribution is 5.77. The highest BCUT2D eigenvalue weighted by Gasteiger charge is 2.43. The zero-order valence-electron chi connectivity index (χ0n) is 7.64. The lowest BCUT2D eigenvalue weighted by molar-refractivity contribution is -0.00628. The van der Waals surface area contributed by atoms with Crippen molar-refractivity contribution in [2.75, 3.05) is 6.61 Å². The SMILES string of the molecule is O=C1NC2COC3C=CC=CC3C2N1. The number of ether oxygens (including phenoxy) is 1. The molecule has 4 unspecified atom stereocenters.